The average molecular weight is 332 g/mol. The van der Waals surface area contributed by atoms with Crippen LogP contribution in [0, 0.1) is 23.5 Å². The van der Waals surface area contributed by atoms with Gasteiger partial charge in [-0.05, 0) is 11.3 Å². The Kier molecular flexibility index (Phi) is 4.41. The third-order valence-electron chi connectivity index (χ3n) is 2.10. The maximum atomic E-state index is 13.8. The smallest absolute Gasteiger partial charge is 0.267 e. The van der Waals surface area contributed by atoms with Gasteiger partial charge in [-0.25, -0.2) is 17.2 Å². The minimum atomic E-state index is -4.40. The molecule has 2 rings (SSSR count). The van der Waals surface area contributed by atoms with Crippen molar-refractivity contribution < 1.29 is 22.3 Å². The highest BCUT2D eigenvalue weighted by Gasteiger charge is 2.25. The molecule has 0 atom stereocenters. The van der Waals surface area contributed by atoms with E-state index in [1.54, 1.807) is 0 Å². The quantitative estimate of drug-likeness (QED) is 0.786. The first-order chi connectivity index (χ1) is 9.94. The molecule has 11 heteroatoms. The minimum absolute atomic E-state index is 0.181. The van der Waals surface area contributed by atoms with Gasteiger partial charge < -0.3 is 5.11 Å². The topological polar surface area (TPSA) is 105 Å². The van der Waals surface area contributed by atoms with Crippen LogP contribution in [0.15, 0.2) is 17.0 Å². The third-order valence-corrected chi connectivity index (χ3v) is 4.16. The van der Waals surface area contributed by atoms with Crippen LogP contribution in [0.5, 0.6) is 0 Å². The molecule has 2 N–H and O–H groups in total. The first-order valence-corrected chi connectivity index (χ1v) is 7.46. The molecule has 0 saturated carbocycles. The van der Waals surface area contributed by atoms with Crippen molar-refractivity contribution in [3.63, 3.8) is 0 Å². The minimum Gasteiger partial charge on any atom is -0.384 e. The summed E-state index contributed by atoms with van der Waals surface area (Å²) in [5, 5.41) is 15.0. The Bertz CT molecular complexity index is 813. The Hall–Kier alpha value is -2.16. The van der Waals surface area contributed by atoms with E-state index in [9.17, 15) is 17.2 Å². The SMILES string of the molecule is O=S(=O)(Nc1nnns1)c1c(F)cc(F)cc1C#CCO. The second-order valence-corrected chi connectivity index (χ2v) is 5.85. The zero-order valence-electron chi connectivity index (χ0n) is 10.0. The number of aromatic nitrogens is 3. The molecule has 0 amide bonds. The number of nitrogens with one attached hydrogen (secondary N) is 1. The van der Waals surface area contributed by atoms with Crippen molar-refractivity contribution in [2.75, 3.05) is 11.3 Å². The molecule has 0 bridgehead atoms. The van der Waals surface area contributed by atoms with E-state index in [1.165, 1.54) is 0 Å². The molecule has 0 aliphatic carbocycles. The fraction of sp³-hybridized carbons (Fsp3) is 0.100. The van der Waals surface area contributed by atoms with Crippen LogP contribution in [0.25, 0.3) is 0 Å². The number of halogens is 2. The van der Waals surface area contributed by atoms with Crippen molar-refractivity contribution in [3.8, 4) is 11.8 Å². The number of aliphatic hydroxyl groups is 1. The molecular formula is C10H6F2N4O3S2. The zero-order valence-corrected chi connectivity index (χ0v) is 11.7. The second-order valence-electron chi connectivity index (χ2n) is 3.50. The molecule has 1 aromatic carbocycles. The first kappa shape index (κ1) is 15.2. The van der Waals surface area contributed by atoms with Gasteiger partial charge >= 0.3 is 0 Å². The molecule has 1 heterocycles. The molecule has 21 heavy (non-hydrogen) atoms. The number of benzene rings is 1. The number of aliphatic hydroxyl groups excluding tert-OH is 1. The molecular weight excluding hydrogens is 326 g/mol. The first-order valence-electron chi connectivity index (χ1n) is 5.20. The molecule has 0 saturated heterocycles. The number of hydrogen-bond donors (Lipinski definition) is 2. The standard InChI is InChI=1S/C10H6F2N4O3S2/c11-7-4-6(2-1-3-17)9(8(12)5-7)21(18,19)14-10-13-15-16-20-10/h4-5,17H,3H2,(H,13,14,16). The summed E-state index contributed by atoms with van der Waals surface area (Å²) in [5.41, 5.74) is -0.425. The molecule has 0 aliphatic rings. The number of sulfonamides is 1. The zero-order chi connectivity index (χ0) is 15.5. The van der Waals surface area contributed by atoms with E-state index in [0.717, 1.165) is 6.07 Å². The summed E-state index contributed by atoms with van der Waals surface area (Å²) in [4.78, 5) is -0.847. The van der Waals surface area contributed by atoms with Crippen LogP contribution in [0.2, 0.25) is 0 Å². The molecule has 0 fully saturated rings. The lowest BCUT2D eigenvalue weighted by atomic mass is 10.2. The summed E-state index contributed by atoms with van der Waals surface area (Å²) in [6.45, 7) is -0.592. The van der Waals surface area contributed by atoms with E-state index in [4.69, 9.17) is 5.11 Å². The third kappa shape index (κ3) is 3.48. The summed E-state index contributed by atoms with van der Waals surface area (Å²) in [6.07, 6.45) is 0. The van der Waals surface area contributed by atoms with Gasteiger partial charge in [-0.1, -0.05) is 21.4 Å². The van der Waals surface area contributed by atoms with Gasteiger partial charge in [-0.2, -0.15) is 0 Å². The predicted molar refractivity (Wildman–Crippen MR) is 68.8 cm³/mol. The van der Waals surface area contributed by atoms with Gasteiger partial charge in [0.25, 0.3) is 10.0 Å². The molecule has 0 spiro atoms. The maximum Gasteiger partial charge on any atom is 0.267 e. The second kappa shape index (κ2) is 6.08. The van der Waals surface area contributed by atoms with E-state index in [1.807, 2.05) is 4.72 Å². The van der Waals surface area contributed by atoms with Gasteiger partial charge in [-0.15, -0.1) is 0 Å². The lowest BCUT2D eigenvalue weighted by molar-refractivity contribution is 0.350. The fourth-order valence-electron chi connectivity index (χ4n) is 1.40. The lowest BCUT2D eigenvalue weighted by Gasteiger charge is -2.08. The molecule has 1 aromatic heterocycles. The lowest BCUT2D eigenvalue weighted by Crippen LogP contribution is -2.16. The van der Waals surface area contributed by atoms with Crippen molar-refractivity contribution in [1.29, 1.82) is 0 Å². The van der Waals surface area contributed by atoms with Crippen LogP contribution in [-0.2, 0) is 10.0 Å². The Labute approximate surface area is 121 Å². The van der Waals surface area contributed by atoms with Crippen molar-refractivity contribution in [3.05, 3.63) is 29.3 Å². The van der Waals surface area contributed by atoms with Crippen LogP contribution in [0.3, 0.4) is 0 Å². The Morgan fingerprint density at radius 1 is 1.38 bits per heavy atom. The van der Waals surface area contributed by atoms with Crippen LogP contribution < -0.4 is 4.72 Å². The average Bonchev–Trinajstić information content (AvgIpc) is 2.86. The van der Waals surface area contributed by atoms with Crippen molar-refractivity contribution >= 4 is 26.7 Å². The van der Waals surface area contributed by atoms with Crippen LogP contribution in [0.1, 0.15) is 5.56 Å². The molecule has 7 nitrogen and oxygen atoms in total. The highest BCUT2D eigenvalue weighted by atomic mass is 32.2. The Morgan fingerprint density at radius 3 is 2.76 bits per heavy atom. The van der Waals surface area contributed by atoms with Gasteiger partial charge in [-0.3, -0.25) is 4.72 Å². The molecule has 110 valence electrons. The summed E-state index contributed by atoms with van der Waals surface area (Å²) in [7, 11) is -4.40. The van der Waals surface area contributed by atoms with E-state index < -0.39 is 38.7 Å². The number of rotatable bonds is 3. The van der Waals surface area contributed by atoms with Gasteiger partial charge in [0.2, 0.25) is 5.13 Å². The number of nitrogens with zero attached hydrogens (tertiary/aromatic N) is 3. The fourth-order valence-corrected chi connectivity index (χ4v) is 3.19. The molecule has 0 radical (unpaired) electrons. The summed E-state index contributed by atoms with van der Waals surface area (Å²) in [6, 6.07) is 1.16. The van der Waals surface area contributed by atoms with Gasteiger partial charge in [0.1, 0.15) is 23.1 Å². The molecule has 0 unspecified atom stereocenters. The van der Waals surface area contributed by atoms with E-state index >= 15 is 0 Å². The van der Waals surface area contributed by atoms with E-state index in [2.05, 4.69) is 26.6 Å². The number of anilines is 1. The molecule has 0 aliphatic heterocycles. The highest BCUT2D eigenvalue weighted by Crippen LogP contribution is 2.23. The van der Waals surface area contributed by atoms with E-state index in [-0.39, 0.29) is 5.13 Å². The Balaban J connectivity index is 2.56. The molecule has 2 aromatic rings. The van der Waals surface area contributed by atoms with Gasteiger partial charge in [0.05, 0.1) is 5.56 Å². The van der Waals surface area contributed by atoms with Crippen molar-refractivity contribution in [2.24, 2.45) is 0 Å². The highest BCUT2D eigenvalue weighted by molar-refractivity contribution is 7.93. The van der Waals surface area contributed by atoms with Crippen molar-refractivity contribution in [1.82, 2.24) is 14.8 Å². The summed E-state index contributed by atoms with van der Waals surface area (Å²) < 4.78 is 56.6. The van der Waals surface area contributed by atoms with E-state index in [0.29, 0.717) is 17.6 Å². The largest absolute Gasteiger partial charge is 0.384 e. The van der Waals surface area contributed by atoms with Crippen molar-refractivity contribution in [2.45, 2.75) is 4.90 Å². The summed E-state index contributed by atoms with van der Waals surface area (Å²) in [5.74, 6) is 2.00. The number of hydrogen-bond acceptors (Lipinski definition) is 7. The summed E-state index contributed by atoms with van der Waals surface area (Å²) >= 11 is 0.642. The van der Waals surface area contributed by atoms with Crippen LogP contribution in [0.4, 0.5) is 13.9 Å². The monoisotopic (exact) mass is 332 g/mol. The van der Waals surface area contributed by atoms with Gasteiger partial charge in [0, 0.05) is 17.6 Å². The maximum absolute atomic E-state index is 13.8. The van der Waals surface area contributed by atoms with Crippen LogP contribution in [-0.4, -0.2) is 34.9 Å². The Morgan fingerprint density at radius 2 is 2.14 bits per heavy atom. The normalized spacial score (nSPS) is 10.8. The van der Waals surface area contributed by atoms with Crippen LogP contribution >= 0.6 is 11.5 Å². The van der Waals surface area contributed by atoms with Gasteiger partial charge in [0.15, 0.2) is 0 Å². The predicted octanol–water partition coefficient (Wildman–Crippen LogP) is 0.356.